The minimum atomic E-state index is -3.32. The van der Waals surface area contributed by atoms with Crippen molar-refractivity contribution in [3.8, 4) is 0 Å². The summed E-state index contributed by atoms with van der Waals surface area (Å²) in [4.78, 5) is 12.0. The third-order valence-corrected chi connectivity index (χ3v) is 3.72. The van der Waals surface area contributed by atoms with Crippen LogP contribution in [0.3, 0.4) is 0 Å². The molecule has 1 amide bonds. The van der Waals surface area contributed by atoms with Crippen molar-refractivity contribution >= 4 is 21.6 Å². The lowest BCUT2D eigenvalue weighted by Gasteiger charge is -2.09. The highest BCUT2D eigenvalue weighted by atomic mass is 32.2. The molecule has 0 bridgehead atoms. The number of nitrogens with one attached hydrogen (secondary N) is 2. The van der Waals surface area contributed by atoms with Crippen molar-refractivity contribution in [1.82, 2.24) is 15.1 Å². The largest absolute Gasteiger partial charge is 0.350 e. The number of hydrogen-bond acceptors (Lipinski definition) is 4. The average molecular weight is 336 g/mol. The van der Waals surface area contributed by atoms with Crippen LogP contribution in [-0.4, -0.2) is 30.4 Å². The normalized spacial score (nSPS) is 11.3. The second-order valence-corrected chi connectivity index (χ2v) is 7.18. The number of aryl methyl sites for hydroxylation is 2. The van der Waals surface area contributed by atoms with Gasteiger partial charge < -0.3 is 5.32 Å². The van der Waals surface area contributed by atoms with Gasteiger partial charge in [0.25, 0.3) is 0 Å². The second kappa shape index (κ2) is 6.82. The Labute approximate surface area is 135 Å². The summed E-state index contributed by atoms with van der Waals surface area (Å²) in [5, 5.41) is 7.04. The zero-order valence-corrected chi connectivity index (χ0v) is 14.1. The van der Waals surface area contributed by atoms with Gasteiger partial charge in [0, 0.05) is 17.9 Å². The van der Waals surface area contributed by atoms with Gasteiger partial charge in [-0.05, 0) is 37.6 Å². The van der Waals surface area contributed by atoms with Crippen molar-refractivity contribution in [3.63, 3.8) is 0 Å². The lowest BCUT2D eigenvalue weighted by molar-refractivity contribution is -0.122. The topological polar surface area (TPSA) is 93.1 Å². The van der Waals surface area contributed by atoms with Crippen molar-refractivity contribution in [2.75, 3.05) is 11.0 Å². The number of aromatic nitrogens is 2. The van der Waals surface area contributed by atoms with Crippen LogP contribution in [0.2, 0.25) is 0 Å². The summed E-state index contributed by atoms with van der Waals surface area (Å²) < 4.78 is 26.5. The van der Waals surface area contributed by atoms with E-state index in [0.29, 0.717) is 12.2 Å². The number of amides is 1. The van der Waals surface area contributed by atoms with E-state index in [1.807, 2.05) is 26.0 Å². The van der Waals surface area contributed by atoms with Gasteiger partial charge in [0.1, 0.15) is 6.54 Å². The Morgan fingerprint density at radius 1 is 1.26 bits per heavy atom. The van der Waals surface area contributed by atoms with Gasteiger partial charge >= 0.3 is 0 Å². The number of carbonyl (C=O) groups excluding carboxylic acids is 1. The number of carbonyl (C=O) groups is 1. The minimum absolute atomic E-state index is 0.154. The predicted octanol–water partition coefficient (Wildman–Crippen LogP) is 1.19. The zero-order valence-electron chi connectivity index (χ0n) is 13.3. The van der Waals surface area contributed by atoms with E-state index in [2.05, 4.69) is 15.1 Å². The monoisotopic (exact) mass is 336 g/mol. The third-order valence-electron chi connectivity index (χ3n) is 3.12. The molecule has 7 nitrogen and oxygen atoms in total. The summed E-state index contributed by atoms with van der Waals surface area (Å²) >= 11 is 0. The Hall–Kier alpha value is -2.35. The molecule has 0 unspecified atom stereocenters. The van der Waals surface area contributed by atoms with Crippen LogP contribution in [0.4, 0.5) is 5.69 Å². The Kier molecular flexibility index (Phi) is 5.05. The molecule has 2 aromatic rings. The molecule has 8 heteroatoms. The SMILES string of the molecule is Cc1cc(C)n(CC(=O)NCc2cccc(NS(C)(=O)=O)c2)n1. The Balaban J connectivity index is 1.94. The quantitative estimate of drug-likeness (QED) is 0.828. The summed E-state index contributed by atoms with van der Waals surface area (Å²) in [5.41, 5.74) is 3.07. The maximum atomic E-state index is 12.0. The summed E-state index contributed by atoms with van der Waals surface area (Å²) in [7, 11) is -3.32. The van der Waals surface area contributed by atoms with Crippen LogP contribution >= 0.6 is 0 Å². The molecule has 0 aliphatic carbocycles. The zero-order chi connectivity index (χ0) is 17.0. The first-order chi connectivity index (χ1) is 10.7. The van der Waals surface area contributed by atoms with Gasteiger partial charge in [-0.1, -0.05) is 12.1 Å². The number of rotatable bonds is 6. The lowest BCUT2D eigenvalue weighted by Crippen LogP contribution is -2.28. The van der Waals surface area contributed by atoms with Crippen molar-refractivity contribution in [2.24, 2.45) is 0 Å². The standard InChI is InChI=1S/C15H20N4O3S/c1-11-7-12(2)19(17-11)10-15(20)16-9-13-5-4-6-14(8-13)18-23(3,21)22/h4-8,18H,9-10H2,1-3H3,(H,16,20). The van der Waals surface area contributed by atoms with Crippen molar-refractivity contribution in [2.45, 2.75) is 26.9 Å². The van der Waals surface area contributed by atoms with E-state index in [4.69, 9.17) is 0 Å². The molecule has 23 heavy (non-hydrogen) atoms. The fourth-order valence-electron chi connectivity index (χ4n) is 2.19. The number of hydrogen-bond donors (Lipinski definition) is 2. The highest BCUT2D eigenvalue weighted by molar-refractivity contribution is 7.92. The molecule has 1 heterocycles. The van der Waals surface area contributed by atoms with Gasteiger partial charge in [0.05, 0.1) is 11.9 Å². The van der Waals surface area contributed by atoms with E-state index < -0.39 is 10.0 Å². The first-order valence-corrected chi connectivity index (χ1v) is 8.96. The number of anilines is 1. The van der Waals surface area contributed by atoms with Crippen molar-refractivity contribution in [1.29, 1.82) is 0 Å². The molecule has 0 saturated carbocycles. The third kappa shape index (κ3) is 5.41. The van der Waals surface area contributed by atoms with Crippen LogP contribution in [0.15, 0.2) is 30.3 Å². The molecule has 0 fully saturated rings. The molecule has 2 rings (SSSR count). The van der Waals surface area contributed by atoms with Crippen LogP contribution in [0.25, 0.3) is 0 Å². The van der Waals surface area contributed by atoms with Crippen LogP contribution in [0.1, 0.15) is 17.0 Å². The Morgan fingerprint density at radius 3 is 2.61 bits per heavy atom. The van der Waals surface area contributed by atoms with Crippen molar-refractivity contribution < 1.29 is 13.2 Å². The second-order valence-electron chi connectivity index (χ2n) is 5.44. The van der Waals surface area contributed by atoms with Crippen LogP contribution < -0.4 is 10.0 Å². The van der Waals surface area contributed by atoms with E-state index >= 15 is 0 Å². The van der Waals surface area contributed by atoms with Gasteiger partial charge in [-0.2, -0.15) is 5.10 Å². The number of nitrogens with zero attached hydrogens (tertiary/aromatic N) is 2. The molecule has 0 aliphatic heterocycles. The first-order valence-electron chi connectivity index (χ1n) is 7.07. The highest BCUT2D eigenvalue weighted by Crippen LogP contribution is 2.11. The van der Waals surface area contributed by atoms with Crippen LogP contribution in [-0.2, 0) is 27.9 Å². The molecular weight excluding hydrogens is 316 g/mol. The van der Waals surface area contributed by atoms with Crippen LogP contribution in [0.5, 0.6) is 0 Å². The van der Waals surface area contributed by atoms with E-state index in [1.165, 1.54) is 0 Å². The van der Waals surface area contributed by atoms with E-state index in [0.717, 1.165) is 23.2 Å². The average Bonchev–Trinajstić information content (AvgIpc) is 2.73. The van der Waals surface area contributed by atoms with Gasteiger partial charge in [-0.3, -0.25) is 14.2 Å². The minimum Gasteiger partial charge on any atom is -0.350 e. The van der Waals surface area contributed by atoms with Gasteiger partial charge in [-0.15, -0.1) is 0 Å². The highest BCUT2D eigenvalue weighted by Gasteiger charge is 2.07. The summed E-state index contributed by atoms with van der Waals surface area (Å²) in [6.07, 6.45) is 1.09. The molecule has 1 aromatic carbocycles. The van der Waals surface area contributed by atoms with Gasteiger partial charge in [0.2, 0.25) is 15.9 Å². The fraction of sp³-hybridized carbons (Fsp3) is 0.333. The molecule has 0 atom stereocenters. The number of sulfonamides is 1. The summed E-state index contributed by atoms with van der Waals surface area (Å²) in [6.45, 7) is 4.24. The molecule has 2 N–H and O–H groups in total. The summed E-state index contributed by atoms with van der Waals surface area (Å²) in [5.74, 6) is -0.155. The maximum Gasteiger partial charge on any atom is 0.242 e. The molecule has 0 radical (unpaired) electrons. The van der Waals surface area contributed by atoms with Crippen molar-refractivity contribution in [3.05, 3.63) is 47.3 Å². The van der Waals surface area contributed by atoms with E-state index in [9.17, 15) is 13.2 Å². The van der Waals surface area contributed by atoms with E-state index in [-0.39, 0.29) is 12.5 Å². The van der Waals surface area contributed by atoms with Crippen LogP contribution in [0, 0.1) is 13.8 Å². The Bertz CT molecular complexity index is 812. The Morgan fingerprint density at radius 2 is 2.00 bits per heavy atom. The lowest BCUT2D eigenvalue weighted by atomic mass is 10.2. The smallest absolute Gasteiger partial charge is 0.242 e. The molecule has 1 aromatic heterocycles. The van der Waals surface area contributed by atoms with Gasteiger partial charge in [0.15, 0.2) is 0 Å². The fourth-order valence-corrected chi connectivity index (χ4v) is 2.74. The molecule has 0 saturated heterocycles. The predicted molar refractivity (Wildman–Crippen MR) is 88.5 cm³/mol. The molecule has 0 spiro atoms. The maximum absolute atomic E-state index is 12.0. The molecule has 0 aliphatic rings. The molecule has 124 valence electrons. The molecular formula is C15H20N4O3S. The van der Waals surface area contributed by atoms with Gasteiger partial charge in [-0.25, -0.2) is 8.42 Å². The first kappa shape index (κ1) is 17.0. The number of benzene rings is 1. The van der Waals surface area contributed by atoms with E-state index in [1.54, 1.807) is 22.9 Å². The summed E-state index contributed by atoms with van der Waals surface area (Å²) in [6, 6.07) is 8.80.